The normalized spacial score (nSPS) is 26.2. The molecule has 2 aliphatic rings. The summed E-state index contributed by atoms with van der Waals surface area (Å²) in [6, 6.07) is 7.86. The van der Waals surface area contributed by atoms with Crippen LogP contribution in [-0.2, 0) is 6.42 Å². The van der Waals surface area contributed by atoms with E-state index in [-0.39, 0.29) is 0 Å². The van der Waals surface area contributed by atoms with Crippen molar-refractivity contribution in [3.05, 3.63) is 30.1 Å². The van der Waals surface area contributed by atoms with Gasteiger partial charge in [-0.2, -0.15) is 0 Å². The molecule has 0 atom stereocenters. The molecular formula is C23H34N4. The first-order chi connectivity index (χ1) is 13.0. The Morgan fingerprint density at radius 3 is 2.52 bits per heavy atom. The molecule has 0 unspecified atom stereocenters. The summed E-state index contributed by atoms with van der Waals surface area (Å²) >= 11 is 0. The maximum atomic E-state index is 4.57. The molecule has 2 fully saturated rings. The van der Waals surface area contributed by atoms with Gasteiger partial charge in [0.1, 0.15) is 12.1 Å². The third-order valence-corrected chi connectivity index (χ3v) is 6.81. The highest BCUT2D eigenvalue weighted by molar-refractivity contribution is 5.89. The minimum atomic E-state index is 0.533. The summed E-state index contributed by atoms with van der Waals surface area (Å²) in [6.45, 7) is 9.60. The van der Waals surface area contributed by atoms with Gasteiger partial charge in [0, 0.05) is 17.5 Å². The molecule has 2 aromatic rings. The Morgan fingerprint density at radius 1 is 1.07 bits per heavy atom. The maximum absolute atomic E-state index is 4.57. The molecule has 0 amide bonds. The number of aromatic nitrogens is 2. The topological polar surface area (TPSA) is 41.1 Å². The summed E-state index contributed by atoms with van der Waals surface area (Å²) in [5.41, 5.74) is 2.92. The molecule has 1 aromatic carbocycles. The number of nitrogens with zero attached hydrogens (tertiary/aromatic N) is 3. The van der Waals surface area contributed by atoms with Crippen LogP contribution in [0.5, 0.6) is 0 Å². The van der Waals surface area contributed by atoms with Gasteiger partial charge in [0.25, 0.3) is 0 Å². The van der Waals surface area contributed by atoms with Crippen LogP contribution >= 0.6 is 0 Å². The molecule has 1 aromatic heterocycles. The maximum Gasteiger partial charge on any atom is 0.137 e. The van der Waals surface area contributed by atoms with Crippen molar-refractivity contribution >= 4 is 16.7 Å². The second-order valence-electron chi connectivity index (χ2n) is 9.28. The van der Waals surface area contributed by atoms with E-state index in [2.05, 4.69) is 59.2 Å². The summed E-state index contributed by atoms with van der Waals surface area (Å²) in [4.78, 5) is 11.8. The van der Waals surface area contributed by atoms with E-state index in [1.165, 1.54) is 57.2 Å². The Labute approximate surface area is 163 Å². The van der Waals surface area contributed by atoms with Crippen molar-refractivity contribution in [3.8, 4) is 0 Å². The van der Waals surface area contributed by atoms with E-state index in [4.69, 9.17) is 0 Å². The Morgan fingerprint density at radius 2 is 1.81 bits per heavy atom. The molecule has 2 heterocycles. The number of piperidine rings is 1. The van der Waals surface area contributed by atoms with Gasteiger partial charge in [0.2, 0.25) is 0 Å². The Hall–Kier alpha value is -1.68. The van der Waals surface area contributed by atoms with Crippen LogP contribution < -0.4 is 5.32 Å². The van der Waals surface area contributed by atoms with Crippen molar-refractivity contribution in [1.82, 2.24) is 14.9 Å². The zero-order chi connectivity index (χ0) is 18.9. The van der Waals surface area contributed by atoms with Gasteiger partial charge in [-0.25, -0.2) is 9.97 Å². The summed E-state index contributed by atoms with van der Waals surface area (Å²) in [5, 5.41) is 4.91. The molecule has 27 heavy (non-hydrogen) atoms. The van der Waals surface area contributed by atoms with Gasteiger partial charge in [-0.1, -0.05) is 26.8 Å². The minimum absolute atomic E-state index is 0.533. The fraction of sp³-hybridized carbons (Fsp3) is 0.652. The second-order valence-corrected chi connectivity index (χ2v) is 9.28. The lowest BCUT2D eigenvalue weighted by atomic mass is 9.81. The average Bonchev–Trinajstić information content (AvgIpc) is 2.69. The first kappa shape index (κ1) is 18.7. The van der Waals surface area contributed by atoms with Gasteiger partial charge in [0.15, 0.2) is 0 Å². The minimum Gasteiger partial charge on any atom is -0.367 e. The van der Waals surface area contributed by atoms with Crippen molar-refractivity contribution in [2.24, 2.45) is 5.41 Å². The van der Waals surface area contributed by atoms with E-state index in [1.807, 2.05) is 0 Å². The lowest BCUT2D eigenvalue weighted by molar-refractivity contribution is 0.0747. The first-order valence-corrected chi connectivity index (χ1v) is 10.8. The molecular weight excluding hydrogens is 332 g/mol. The average molecular weight is 367 g/mol. The first-order valence-electron chi connectivity index (χ1n) is 10.8. The van der Waals surface area contributed by atoms with Crippen LogP contribution in [0.2, 0.25) is 0 Å². The van der Waals surface area contributed by atoms with Crippen molar-refractivity contribution in [2.75, 3.05) is 18.4 Å². The molecule has 146 valence electrons. The van der Waals surface area contributed by atoms with Crippen LogP contribution in [0, 0.1) is 5.41 Å². The number of aryl methyl sites for hydroxylation is 1. The highest BCUT2D eigenvalue weighted by atomic mass is 15.2. The largest absolute Gasteiger partial charge is 0.367 e. The summed E-state index contributed by atoms with van der Waals surface area (Å²) in [5.74, 6) is 1.01. The van der Waals surface area contributed by atoms with Crippen LogP contribution in [0.1, 0.15) is 64.9 Å². The Bertz CT molecular complexity index is 767. The van der Waals surface area contributed by atoms with Gasteiger partial charge in [-0.05, 0) is 81.1 Å². The highest BCUT2D eigenvalue weighted by Crippen LogP contribution is 2.34. The van der Waals surface area contributed by atoms with E-state index >= 15 is 0 Å². The van der Waals surface area contributed by atoms with E-state index in [1.54, 1.807) is 6.33 Å². The highest BCUT2D eigenvalue weighted by Gasteiger charge is 2.31. The molecule has 1 saturated heterocycles. The second kappa shape index (κ2) is 7.75. The standard InChI is InChI=1S/C23H34N4/c1-4-17-5-10-21-20(15-17)22(25-16-24-21)26-18-6-8-19(9-7-18)27-13-11-23(2,3)12-14-27/h5,10,15-16,18-19H,4,6-9,11-14H2,1-3H3,(H,24,25,26). The number of anilines is 1. The van der Waals surface area contributed by atoms with Crippen LogP contribution in [0.25, 0.3) is 10.9 Å². The van der Waals surface area contributed by atoms with Gasteiger partial charge >= 0.3 is 0 Å². The lowest BCUT2D eigenvalue weighted by Gasteiger charge is -2.43. The monoisotopic (exact) mass is 366 g/mol. The number of benzene rings is 1. The Kier molecular flexibility index (Phi) is 5.36. The van der Waals surface area contributed by atoms with Crippen LogP contribution in [-0.4, -0.2) is 40.0 Å². The molecule has 1 aliphatic carbocycles. The quantitative estimate of drug-likeness (QED) is 0.823. The summed E-state index contributed by atoms with van der Waals surface area (Å²) in [7, 11) is 0. The molecule has 0 radical (unpaired) electrons. The number of likely N-dealkylation sites (tertiary alicyclic amines) is 1. The fourth-order valence-corrected chi connectivity index (χ4v) is 4.71. The van der Waals surface area contributed by atoms with E-state index < -0.39 is 0 Å². The number of fused-ring (bicyclic) bond motifs is 1. The molecule has 0 bridgehead atoms. The number of hydrogen-bond acceptors (Lipinski definition) is 4. The molecule has 1 aliphatic heterocycles. The molecule has 4 heteroatoms. The van der Waals surface area contributed by atoms with E-state index in [0.717, 1.165) is 29.2 Å². The zero-order valence-corrected chi connectivity index (χ0v) is 17.2. The van der Waals surface area contributed by atoms with Crippen LogP contribution in [0.3, 0.4) is 0 Å². The third-order valence-electron chi connectivity index (χ3n) is 6.81. The molecule has 1 N–H and O–H groups in total. The molecule has 1 saturated carbocycles. The predicted octanol–water partition coefficient (Wildman–Crippen LogP) is 5.04. The van der Waals surface area contributed by atoms with Gasteiger partial charge in [-0.15, -0.1) is 0 Å². The smallest absolute Gasteiger partial charge is 0.137 e. The predicted molar refractivity (Wildman–Crippen MR) is 113 cm³/mol. The Balaban J connectivity index is 1.38. The lowest BCUT2D eigenvalue weighted by Crippen LogP contribution is -2.46. The molecule has 4 rings (SSSR count). The van der Waals surface area contributed by atoms with Crippen molar-refractivity contribution in [2.45, 2.75) is 77.8 Å². The SMILES string of the molecule is CCc1ccc2ncnc(NC3CCC(N4CCC(C)(C)CC4)CC3)c2c1. The van der Waals surface area contributed by atoms with E-state index in [9.17, 15) is 0 Å². The zero-order valence-electron chi connectivity index (χ0n) is 17.2. The van der Waals surface area contributed by atoms with Gasteiger partial charge in [-0.3, -0.25) is 0 Å². The number of hydrogen-bond donors (Lipinski definition) is 1. The fourth-order valence-electron chi connectivity index (χ4n) is 4.71. The van der Waals surface area contributed by atoms with Gasteiger partial charge in [0.05, 0.1) is 5.52 Å². The third kappa shape index (κ3) is 4.26. The van der Waals surface area contributed by atoms with Crippen molar-refractivity contribution in [3.63, 3.8) is 0 Å². The van der Waals surface area contributed by atoms with Crippen molar-refractivity contribution < 1.29 is 0 Å². The van der Waals surface area contributed by atoms with Crippen LogP contribution in [0.4, 0.5) is 5.82 Å². The summed E-state index contributed by atoms with van der Waals surface area (Å²) < 4.78 is 0. The van der Waals surface area contributed by atoms with E-state index in [0.29, 0.717) is 11.5 Å². The summed E-state index contributed by atoms with van der Waals surface area (Å²) in [6.07, 6.45) is 10.5. The molecule has 4 nitrogen and oxygen atoms in total. The number of rotatable bonds is 4. The molecule has 0 spiro atoms. The van der Waals surface area contributed by atoms with Crippen LogP contribution in [0.15, 0.2) is 24.5 Å². The number of nitrogens with one attached hydrogen (secondary N) is 1. The van der Waals surface area contributed by atoms with Gasteiger partial charge < -0.3 is 10.2 Å². The van der Waals surface area contributed by atoms with Crippen molar-refractivity contribution in [1.29, 1.82) is 0 Å².